The summed E-state index contributed by atoms with van der Waals surface area (Å²) in [7, 11) is 0.448. The minimum atomic E-state index is -3.52. The van der Waals surface area contributed by atoms with Crippen LogP contribution < -0.4 is 0 Å². The van der Waals surface area contributed by atoms with E-state index in [0.29, 0.717) is 18.6 Å². The number of nitrogens with zero attached hydrogens (tertiary/aromatic N) is 3. The number of pyridine rings is 1. The summed E-state index contributed by atoms with van der Waals surface area (Å²) in [4.78, 5) is 6.60. The molecule has 2 rings (SSSR count). The van der Waals surface area contributed by atoms with Crippen LogP contribution in [0.5, 0.6) is 0 Å². The third-order valence-corrected chi connectivity index (χ3v) is 5.58. The van der Waals surface area contributed by atoms with Gasteiger partial charge in [0.25, 0.3) is 0 Å². The zero-order valence-corrected chi connectivity index (χ0v) is 14.2. The van der Waals surface area contributed by atoms with E-state index in [9.17, 15) is 8.42 Å². The van der Waals surface area contributed by atoms with Gasteiger partial charge in [0, 0.05) is 24.7 Å². The Hall–Kier alpha value is -1.50. The van der Waals surface area contributed by atoms with Crippen LogP contribution >= 0.6 is 0 Å². The van der Waals surface area contributed by atoms with Crippen molar-refractivity contribution in [2.45, 2.75) is 18.2 Å². The van der Waals surface area contributed by atoms with E-state index in [2.05, 4.69) is 9.88 Å². The van der Waals surface area contributed by atoms with Gasteiger partial charge >= 0.3 is 0 Å². The smallest absolute Gasteiger partial charge is 0.245 e. The van der Waals surface area contributed by atoms with Crippen LogP contribution in [0.1, 0.15) is 13.3 Å². The number of benzene rings is 1. The topological polar surface area (TPSA) is 53.5 Å². The maximum absolute atomic E-state index is 12.9. The van der Waals surface area contributed by atoms with E-state index in [-0.39, 0.29) is 4.90 Å². The van der Waals surface area contributed by atoms with Crippen molar-refractivity contribution < 1.29 is 8.42 Å². The van der Waals surface area contributed by atoms with Gasteiger partial charge in [-0.25, -0.2) is 8.42 Å². The van der Waals surface area contributed by atoms with Gasteiger partial charge in [0.1, 0.15) is 4.90 Å². The van der Waals surface area contributed by atoms with E-state index in [4.69, 9.17) is 0 Å². The Morgan fingerprint density at radius 1 is 1.09 bits per heavy atom. The van der Waals surface area contributed by atoms with Gasteiger partial charge in [-0.05, 0) is 39.2 Å². The lowest BCUT2D eigenvalue weighted by molar-refractivity contribution is 0.356. The van der Waals surface area contributed by atoms with Gasteiger partial charge < -0.3 is 4.90 Å². The summed E-state index contributed by atoms with van der Waals surface area (Å²) in [5.41, 5.74) is 0.538. The minimum Gasteiger partial charge on any atom is -0.309 e. The molecule has 120 valence electrons. The molecule has 0 aliphatic rings. The molecule has 0 N–H and O–H groups in total. The molecule has 6 heteroatoms. The second-order valence-electron chi connectivity index (χ2n) is 5.48. The van der Waals surface area contributed by atoms with Crippen LogP contribution in [0.4, 0.5) is 0 Å². The molecule has 0 spiro atoms. The molecule has 1 aromatic carbocycles. The largest absolute Gasteiger partial charge is 0.309 e. The van der Waals surface area contributed by atoms with Crippen molar-refractivity contribution in [3.05, 3.63) is 36.5 Å². The quantitative estimate of drug-likeness (QED) is 0.784. The highest BCUT2D eigenvalue weighted by Crippen LogP contribution is 2.24. The lowest BCUT2D eigenvalue weighted by atomic mass is 10.2. The van der Waals surface area contributed by atoms with E-state index in [1.54, 1.807) is 18.3 Å². The highest BCUT2D eigenvalue weighted by Gasteiger charge is 2.25. The Morgan fingerprint density at radius 2 is 1.82 bits per heavy atom. The minimum absolute atomic E-state index is 0.289. The molecule has 0 fully saturated rings. The first-order chi connectivity index (χ1) is 10.5. The number of sulfonamides is 1. The lowest BCUT2D eigenvalue weighted by Crippen LogP contribution is -2.33. The van der Waals surface area contributed by atoms with E-state index < -0.39 is 10.0 Å². The van der Waals surface area contributed by atoms with Crippen LogP contribution in [-0.2, 0) is 10.0 Å². The molecule has 2 aromatic rings. The van der Waals surface area contributed by atoms with E-state index in [1.165, 1.54) is 4.31 Å². The monoisotopic (exact) mass is 321 g/mol. The lowest BCUT2D eigenvalue weighted by Gasteiger charge is -2.22. The average molecular weight is 321 g/mol. The zero-order chi connectivity index (χ0) is 16.2. The van der Waals surface area contributed by atoms with Gasteiger partial charge in [0.05, 0.1) is 5.52 Å². The predicted molar refractivity (Wildman–Crippen MR) is 89.3 cm³/mol. The Balaban J connectivity index is 2.34. The van der Waals surface area contributed by atoms with Crippen molar-refractivity contribution in [3.8, 4) is 0 Å². The van der Waals surface area contributed by atoms with Crippen molar-refractivity contribution in [1.29, 1.82) is 0 Å². The van der Waals surface area contributed by atoms with Gasteiger partial charge in [-0.2, -0.15) is 4.31 Å². The first kappa shape index (κ1) is 16.9. The van der Waals surface area contributed by atoms with Crippen molar-refractivity contribution in [1.82, 2.24) is 14.2 Å². The molecule has 0 bridgehead atoms. The maximum Gasteiger partial charge on any atom is 0.245 e. The molecular weight excluding hydrogens is 298 g/mol. The number of hydrogen-bond donors (Lipinski definition) is 0. The number of fused-ring (bicyclic) bond motifs is 1. The summed E-state index contributed by atoms with van der Waals surface area (Å²) in [6, 6.07) is 8.98. The summed E-state index contributed by atoms with van der Waals surface area (Å²) in [5.74, 6) is 0. The average Bonchev–Trinajstić information content (AvgIpc) is 2.50. The first-order valence-corrected chi connectivity index (χ1v) is 8.89. The Kier molecular flexibility index (Phi) is 5.50. The number of hydrogen-bond acceptors (Lipinski definition) is 4. The highest BCUT2D eigenvalue weighted by atomic mass is 32.2. The third kappa shape index (κ3) is 3.63. The Morgan fingerprint density at radius 3 is 2.50 bits per heavy atom. The van der Waals surface area contributed by atoms with Crippen molar-refractivity contribution in [3.63, 3.8) is 0 Å². The predicted octanol–water partition coefficient (Wildman–Crippen LogP) is 2.20. The number of para-hydroxylation sites is 1. The summed E-state index contributed by atoms with van der Waals surface area (Å²) in [5, 5.41) is 0.841. The van der Waals surface area contributed by atoms with Gasteiger partial charge in [0.2, 0.25) is 10.0 Å². The van der Waals surface area contributed by atoms with Crippen LogP contribution in [0, 0.1) is 0 Å². The molecule has 0 saturated carbocycles. The second kappa shape index (κ2) is 7.17. The summed E-state index contributed by atoms with van der Waals surface area (Å²) < 4.78 is 27.4. The summed E-state index contributed by atoms with van der Waals surface area (Å²) in [6.45, 7) is 3.70. The van der Waals surface area contributed by atoms with Crippen molar-refractivity contribution >= 4 is 20.9 Å². The maximum atomic E-state index is 12.9. The first-order valence-electron chi connectivity index (χ1n) is 7.45. The van der Waals surface area contributed by atoms with E-state index >= 15 is 0 Å². The molecule has 0 aliphatic carbocycles. The fourth-order valence-corrected chi connectivity index (χ4v) is 4.09. The van der Waals surface area contributed by atoms with Crippen LogP contribution in [-0.4, -0.2) is 56.3 Å². The Bertz CT molecular complexity index is 724. The van der Waals surface area contributed by atoms with Crippen LogP contribution in [0.15, 0.2) is 41.4 Å². The summed E-state index contributed by atoms with van der Waals surface area (Å²) in [6.07, 6.45) is 2.43. The number of rotatable bonds is 7. The molecule has 1 aromatic heterocycles. The molecule has 0 saturated heterocycles. The summed E-state index contributed by atoms with van der Waals surface area (Å²) >= 11 is 0. The van der Waals surface area contributed by atoms with Crippen LogP contribution in [0.2, 0.25) is 0 Å². The van der Waals surface area contributed by atoms with Gasteiger partial charge in [0.15, 0.2) is 0 Å². The third-order valence-electron chi connectivity index (χ3n) is 3.58. The molecule has 5 nitrogen and oxygen atoms in total. The molecule has 0 aliphatic heterocycles. The van der Waals surface area contributed by atoms with Crippen molar-refractivity contribution in [2.24, 2.45) is 0 Å². The fraction of sp³-hybridized carbons (Fsp3) is 0.438. The van der Waals surface area contributed by atoms with Gasteiger partial charge in [-0.15, -0.1) is 0 Å². The zero-order valence-electron chi connectivity index (χ0n) is 13.4. The normalized spacial score (nSPS) is 12.4. The standard InChI is InChI=1S/C16H23N3O2S/c1-4-19(13-7-12-18(2)3)22(20,21)15-10-5-8-14-9-6-11-17-16(14)15/h5-6,8-11H,4,7,12-13H2,1-3H3. The molecule has 0 radical (unpaired) electrons. The molecular formula is C16H23N3O2S. The second-order valence-corrected chi connectivity index (χ2v) is 7.39. The molecule has 0 atom stereocenters. The molecule has 22 heavy (non-hydrogen) atoms. The fourth-order valence-electron chi connectivity index (χ4n) is 2.44. The molecule has 0 amide bonds. The van der Waals surface area contributed by atoms with Gasteiger partial charge in [-0.3, -0.25) is 4.98 Å². The molecule has 0 unspecified atom stereocenters. The number of aromatic nitrogens is 1. The molecule has 1 heterocycles. The Labute approximate surface area is 132 Å². The van der Waals surface area contributed by atoms with Crippen molar-refractivity contribution in [2.75, 3.05) is 33.7 Å². The van der Waals surface area contributed by atoms with E-state index in [1.807, 2.05) is 39.2 Å². The van der Waals surface area contributed by atoms with Crippen LogP contribution in [0.25, 0.3) is 10.9 Å². The highest BCUT2D eigenvalue weighted by molar-refractivity contribution is 7.89. The van der Waals surface area contributed by atoms with E-state index in [0.717, 1.165) is 18.4 Å². The van der Waals surface area contributed by atoms with Crippen LogP contribution in [0.3, 0.4) is 0 Å². The SMILES string of the molecule is CCN(CCCN(C)C)S(=O)(=O)c1cccc2cccnc12. The van der Waals surface area contributed by atoms with Gasteiger partial charge in [-0.1, -0.05) is 25.1 Å².